The van der Waals surface area contributed by atoms with Gasteiger partial charge in [0.15, 0.2) is 0 Å². The quantitative estimate of drug-likeness (QED) is 0.121. The van der Waals surface area contributed by atoms with Crippen molar-refractivity contribution < 1.29 is 4.79 Å². The van der Waals surface area contributed by atoms with Crippen LogP contribution < -0.4 is 16.0 Å². The van der Waals surface area contributed by atoms with Gasteiger partial charge in [-0.1, -0.05) is 78.5 Å². The highest BCUT2D eigenvalue weighted by molar-refractivity contribution is 6.42. The summed E-state index contributed by atoms with van der Waals surface area (Å²) in [5.74, 6) is 0.426. The van der Waals surface area contributed by atoms with Gasteiger partial charge in [0.25, 0.3) is 0 Å². The van der Waals surface area contributed by atoms with Crippen LogP contribution in [0.2, 0.25) is 20.1 Å². The first-order valence-electron chi connectivity index (χ1n) is 15.4. The Balaban J connectivity index is 1.53. The molecule has 1 amide bonds. The van der Waals surface area contributed by atoms with E-state index in [9.17, 15) is 4.79 Å². The number of rotatable bonds is 14. The van der Waals surface area contributed by atoms with Crippen LogP contribution in [-0.2, 0) is 17.9 Å². The van der Waals surface area contributed by atoms with Crippen molar-refractivity contribution in [2.45, 2.75) is 52.2 Å². The number of halogens is 4. The Morgan fingerprint density at radius 2 is 1.46 bits per heavy atom. The Morgan fingerprint density at radius 3 is 2.07 bits per heavy atom. The molecule has 0 aliphatic heterocycles. The van der Waals surface area contributed by atoms with Crippen molar-refractivity contribution in [3.05, 3.63) is 116 Å². The Bertz CT molecular complexity index is 1820. The highest BCUT2D eigenvalue weighted by Gasteiger charge is 2.19. The van der Waals surface area contributed by atoms with Gasteiger partial charge in [-0.15, -0.1) is 0 Å². The molecular formula is C36H37Cl4N5O. The van der Waals surface area contributed by atoms with Gasteiger partial charge in [0.2, 0.25) is 5.91 Å². The number of imidazole rings is 1. The van der Waals surface area contributed by atoms with E-state index in [0.717, 1.165) is 65.0 Å². The molecule has 0 aliphatic carbocycles. The maximum absolute atomic E-state index is 12.1. The SMILES string of the molecule is CCCN(CCC)c1ccc(-c2nc3cc(C(CC(N)=O)NCc4ccc(Cl)c(Cl)c4)ccc3n2Cc2ccc(Cl)c(Cl)c2)cc1. The summed E-state index contributed by atoms with van der Waals surface area (Å²) in [4.78, 5) is 19.7. The van der Waals surface area contributed by atoms with Gasteiger partial charge in [0, 0.05) is 49.9 Å². The summed E-state index contributed by atoms with van der Waals surface area (Å²) >= 11 is 24.9. The van der Waals surface area contributed by atoms with Crippen LogP contribution in [0.25, 0.3) is 22.4 Å². The number of anilines is 1. The standard InChI is InChI=1S/C36H37Cl4N5O/c1-3-15-44(16-4-2)27-10-7-25(8-11-27)36-43-33-19-26(9-14-34(33)45(36)22-24-6-13-29(38)31(40)18-24)32(20-35(41)46)42-21-23-5-12-28(37)30(39)17-23/h5-14,17-19,32,42H,3-4,15-16,20-22H2,1-2H3,(H2,41,46). The fraction of sp³-hybridized carbons (Fsp3) is 0.278. The predicted octanol–water partition coefficient (Wildman–Crippen LogP) is 9.70. The van der Waals surface area contributed by atoms with Crippen LogP contribution >= 0.6 is 46.4 Å². The molecule has 0 saturated heterocycles. The average Bonchev–Trinajstić information content (AvgIpc) is 3.39. The molecule has 5 aromatic rings. The number of aromatic nitrogens is 2. The summed E-state index contributed by atoms with van der Waals surface area (Å²) in [6.07, 6.45) is 2.29. The summed E-state index contributed by atoms with van der Waals surface area (Å²) in [5, 5.41) is 5.45. The Labute approximate surface area is 290 Å². The van der Waals surface area contributed by atoms with E-state index < -0.39 is 5.91 Å². The second kappa shape index (κ2) is 15.6. The molecule has 0 bridgehead atoms. The number of nitrogens with one attached hydrogen (secondary N) is 1. The van der Waals surface area contributed by atoms with Crippen LogP contribution in [0.1, 0.15) is 55.8 Å². The third kappa shape index (κ3) is 8.17. The van der Waals surface area contributed by atoms with Gasteiger partial charge in [0.05, 0.1) is 31.1 Å². The molecule has 6 nitrogen and oxygen atoms in total. The maximum atomic E-state index is 12.1. The lowest BCUT2D eigenvalue weighted by atomic mass is 10.0. The molecule has 4 aromatic carbocycles. The molecule has 0 radical (unpaired) electrons. The van der Waals surface area contributed by atoms with E-state index in [4.69, 9.17) is 57.1 Å². The van der Waals surface area contributed by atoms with Crippen LogP contribution in [0, 0.1) is 0 Å². The molecule has 10 heteroatoms. The molecule has 1 unspecified atom stereocenters. The zero-order valence-electron chi connectivity index (χ0n) is 25.9. The highest BCUT2D eigenvalue weighted by atomic mass is 35.5. The van der Waals surface area contributed by atoms with Crippen LogP contribution in [0.3, 0.4) is 0 Å². The smallest absolute Gasteiger partial charge is 0.219 e. The molecule has 1 heterocycles. The van der Waals surface area contributed by atoms with Gasteiger partial charge >= 0.3 is 0 Å². The average molecular weight is 698 g/mol. The predicted molar refractivity (Wildman–Crippen MR) is 193 cm³/mol. The fourth-order valence-electron chi connectivity index (χ4n) is 5.70. The normalized spacial score (nSPS) is 12.0. The van der Waals surface area contributed by atoms with Crippen molar-refractivity contribution in [1.82, 2.24) is 14.9 Å². The van der Waals surface area contributed by atoms with Gasteiger partial charge in [-0.05, 0) is 90.2 Å². The van der Waals surface area contributed by atoms with E-state index in [1.165, 1.54) is 5.69 Å². The van der Waals surface area contributed by atoms with Crippen molar-refractivity contribution in [3.8, 4) is 11.4 Å². The van der Waals surface area contributed by atoms with Gasteiger partial charge in [-0.2, -0.15) is 0 Å². The molecule has 1 atom stereocenters. The Kier molecular flexibility index (Phi) is 11.5. The minimum absolute atomic E-state index is 0.122. The molecule has 0 aliphatic rings. The second-order valence-corrected chi connectivity index (χ2v) is 13.0. The monoisotopic (exact) mass is 695 g/mol. The van der Waals surface area contributed by atoms with E-state index in [2.05, 4.69) is 52.9 Å². The van der Waals surface area contributed by atoms with E-state index in [1.807, 2.05) is 48.5 Å². The zero-order chi connectivity index (χ0) is 32.8. The van der Waals surface area contributed by atoms with Crippen LogP contribution in [-0.4, -0.2) is 28.5 Å². The van der Waals surface area contributed by atoms with Crippen molar-refractivity contribution in [2.24, 2.45) is 5.73 Å². The van der Waals surface area contributed by atoms with Crippen LogP contribution in [0.4, 0.5) is 5.69 Å². The van der Waals surface area contributed by atoms with Crippen molar-refractivity contribution in [3.63, 3.8) is 0 Å². The third-order valence-corrected chi connectivity index (χ3v) is 9.40. The summed E-state index contributed by atoms with van der Waals surface area (Å²) in [5.41, 5.74) is 12.5. The number of carbonyl (C=O) groups excluding carboxylic acids is 1. The first-order chi connectivity index (χ1) is 22.2. The Morgan fingerprint density at radius 1 is 0.826 bits per heavy atom. The van der Waals surface area contributed by atoms with Gasteiger partial charge in [-0.3, -0.25) is 4.79 Å². The van der Waals surface area contributed by atoms with Crippen LogP contribution in [0.15, 0.2) is 78.9 Å². The lowest BCUT2D eigenvalue weighted by molar-refractivity contribution is -0.118. The highest BCUT2D eigenvalue weighted by Crippen LogP contribution is 2.32. The summed E-state index contributed by atoms with van der Waals surface area (Å²) in [6, 6.07) is 25.5. The van der Waals surface area contributed by atoms with E-state index in [1.54, 1.807) is 6.07 Å². The number of carbonyl (C=O) groups is 1. The first kappa shape index (κ1) is 34.1. The Hall–Kier alpha value is -3.26. The minimum Gasteiger partial charge on any atom is -0.372 e. The molecule has 240 valence electrons. The number of primary amides is 1. The lowest BCUT2D eigenvalue weighted by Gasteiger charge is -2.24. The van der Waals surface area contributed by atoms with Crippen LogP contribution in [0.5, 0.6) is 0 Å². The molecule has 3 N–H and O–H groups in total. The van der Waals surface area contributed by atoms with Crippen molar-refractivity contribution >= 4 is 69.0 Å². The fourth-order valence-corrected chi connectivity index (χ4v) is 6.34. The second-order valence-electron chi connectivity index (χ2n) is 11.4. The number of fused-ring (bicyclic) bond motifs is 1. The van der Waals surface area contributed by atoms with Gasteiger partial charge in [0.1, 0.15) is 5.82 Å². The summed E-state index contributed by atoms with van der Waals surface area (Å²) < 4.78 is 2.19. The minimum atomic E-state index is -0.405. The lowest BCUT2D eigenvalue weighted by Crippen LogP contribution is -2.26. The molecular weight excluding hydrogens is 660 g/mol. The van der Waals surface area contributed by atoms with E-state index >= 15 is 0 Å². The largest absolute Gasteiger partial charge is 0.372 e. The summed E-state index contributed by atoms with van der Waals surface area (Å²) in [7, 11) is 0. The molecule has 0 spiro atoms. The molecule has 46 heavy (non-hydrogen) atoms. The van der Waals surface area contributed by atoms with Gasteiger partial charge < -0.3 is 20.5 Å². The molecule has 5 rings (SSSR count). The summed E-state index contributed by atoms with van der Waals surface area (Å²) in [6.45, 7) is 7.45. The number of benzene rings is 4. The first-order valence-corrected chi connectivity index (χ1v) is 16.9. The van der Waals surface area contributed by atoms with E-state index in [0.29, 0.717) is 33.2 Å². The molecule has 1 aromatic heterocycles. The van der Waals surface area contributed by atoms with Gasteiger partial charge in [-0.25, -0.2) is 4.98 Å². The topological polar surface area (TPSA) is 76.2 Å². The zero-order valence-corrected chi connectivity index (χ0v) is 28.9. The van der Waals surface area contributed by atoms with E-state index in [-0.39, 0.29) is 12.5 Å². The third-order valence-electron chi connectivity index (χ3n) is 7.92. The van der Waals surface area contributed by atoms with Crippen molar-refractivity contribution in [1.29, 1.82) is 0 Å². The number of amides is 1. The maximum Gasteiger partial charge on any atom is 0.219 e. The molecule has 0 fully saturated rings. The number of nitrogens with zero attached hydrogens (tertiary/aromatic N) is 3. The van der Waals surface area contributed by atoms with Crippen molar-refractivity contribution in [2.75, 3.05) is 18.0 Å². The number of hydrogen-bond donors (Lipinski definition) is 2. The number of nitrogens with two attached hydrogens (primary N) is 1. The molecule has 0 saturated carbocycles. The number of hydrogen-bond acceptors (Lipinski definition) is 4.